The Labute approximate surface area is 124 Å². The molecule has 0 aliphatic carbocycles. The van der Waals surface area contributed by atoms with Gasteiger partial charge in [0.05, 0.1) is 31.3 Å². The van der Waals surface area contributed by atoms with Gasteiger partial charge in [-0.2, -0.15) is 0 Å². The highest BCUT2D eigenvalue weighted by Crippen LogP contribution is 2.16. The molecule has 2 N–H and O–H groups in total. The van der Waals surface area contributed by atoms with Crippen molar-refractivity contribution < 1.29 is 4.74 Å². The van der Waals surface area contributed by atoms with Gasteiger partial charge >= 0.3 is 0 Å². The average molecular weight is 284 g/mol. The first-order chi connectivity index (χ1) is 10.3. The molecule has 1 fully saturated rings. The summed E-state index contributed by atoms with van der Waals surface area (Å²) in [4.78, 5) is 6.61. The van der Waals surface area contributed by atoms with Crippen molar-refractivity contribution in [2.75, 3.05) is 26.3 Å². The average Bonchev–Trinajstić information content (AvgIpc) is 2.56. The lowest BCUT2D eigenvalue weighted by Crippen LogP contribution is -2.41. The van der Waals surface area contributed by atoms with E-state index >= 15 is 0 Å². The van der Waals surface area contributed by atoms with Gasteiger partial charge in [-0.05, 0) is 18.6 Å². The lowest BCUT2D eigenvalue weighted by molar-refractivity contribution is 0.0528. The van der Waals surface area contributed by atoms with Crippen LogP contribution in [-0.4, -0.2) is 49.3 Å². The fourth-order valence-corrected chi connectivity index (χ4v) is 2.61. The molecule has 5 nitrogen and oxygen atoms in total. The second-order valence-electron chi connectivity index (χ2n) is 5.26. The summed E-state index contributed by atoms with van der Waals surface area (Å²) >= 11 is 0. The Bertz CT molecular complexity index is 588. The van der Waals surface area contributed by atoms with Crippen molar-refractivity contribution >= 4 is 12.1 Å². The van der Waals surface area contributed by atoms with Crippen molar-refractivity contribution in [3.63, 3.8) is 0 Å². The molecular formula is C16H20N4O. The van der Waals surface area contributed by atoms with E-state index in [0.29, 0.717) is 5.71 Å². The van der Waals surface area contributed by atoms with Crippen LogP contribution in [0.25, 0.3) is 0 Å². The Morgan fingerprint density at radius 2 is 2.10 bits per heavy atom. The molecule has 0 spiro atoms. The van der Waals surface area contributed by atoms with Gasteiger partial charge in [0, 0.05) is 18.7 Å². The van der Waals surface area contributed by atoms with Crippen LogP contribution in [0.15, 0.2) is 41.2 Å². The first-order valence-electron chi connectivity index (χ1n) is 7.23. The smallest absolute Gasteiger partial charge is 0.128 e. The molecule has 0 aromatic heterocycles. The zero-order chi connectivity index (χ0) is 14.7. The van der Waals surface area contributed by atoms with Crippen molar-refractivity contribution in [1.82, 2.24) is 10.2 Å². The van der Waals surface area contributed by atoms with Crippen LogP contribution in [0.5, 0.6) is 0 Å². The maximum atomic E-state index is 8.46. The fourth-order valence-electron chi connectivity index (χ4n) is 2.61. The van der Waals surface area contributed by atoms with E-state index < -0.39 is 0 Å². The number of nitrogens with zero attached hydrogens (tertiary/aromatic N) is 2. The van der Waals surface area contributed by atoms with Gasteiger partial charge in [0.15, 0.2) is 0 Å². The summed E-state index contributed by atoms with van der Waals surface area (Å²) in [5.74, 6) is 0.931. The Hall–Kier alpha value is -2.14. The largest absolute Gasteiger partial charge is 0.378 e. The molecule has 0 amide bonds. The van der Waals surface area contributed by atoms with Crippen LogP contribution in [0.3, 0.4) is 0 Å². The number of nitrogens with one attached hydrogen (secondary N) is 2. The molecule has 1 unspecified atom stereocenters. The molecule has 1 atom stereocenters. The molecule has 21 heavy (non-hydrogen) atoms. The molecule has 0 radical (unpaired) electrons. The minimum Gasteiger partial charge on any atom is -0.378 e. The quantitative estimate of drug-likeness (QED) is 0.828. The molecule has 110 valence electrons. The normalized spacial score (nSPS) is 21.7. The van der Waals surface area contributed by atoms with Gasteiger partial charge in [-0.25, -0.2) is 4.99 Å². The van der Waals surface area contributed by atoms with Crippen LogP contribution < -0.4 is 5.32 Å². The van der Waals surface area contributed by atoms with Crippen LogP contribution in [0.1, 0.15) is 11.1 Å². The molecule has 1 aromatic rings. The van der Waals surface area contributed by atoms with E-state index in [1.54, 1.807) is 6.34 Å². The summed E-state index contributed by atoms with van der Waals surface area (Å²) < 4.78 is 5.37. The van der Waals surface area contributed by atoms with Crippen LogP contribution >= 0.6 is 0 Å². The molecular weight excluding hydrogens is 264 g/mol. The highest BCUT2D eigenvalue weighted by atomic mass is 16.5. The standard InChI is InChI=1S/C16H20N4O/c1-12-4-2-3-5-13(12)16(17)14-10-15(19-11-18-14)20-6-8-21-9-7-20/h2-5,10-11,14,17H,6-9H2,1H3,(H,18,19). The first-order valence-corrected chi connectivity index (χ1v) is 7.23. The van der Waals surface area contributed by atoms with Gasteiger partial charge in [0.25, 0.3) is 0 Å². The number of ether oxygens (including phenoxy) is 1. The van der Waals surface area contributed by atoms with Gasteiger partial charge < -0.3 is 20.4 Å². The van der Waals surface area contributed by atoms with Gasteiger partial charge in [-0.1, -0.05) is 24.3 Å². The third kappa shape index (κ3) is 2.97. The van der Waals surface area contributed by atoms with Gasteiger partial charge in [-0.15, -0.1) is 0 Å². The Balaban J connectivity index is 1.79. The zero-order valence-electron chi connectivity index (χ0n) is 12.2. The highest BCUT2D eigenvalue weighted by molar-refractivity contribution is 6.05. The Morgan fingerprint density at radius 3 is 2.86 bits per heavy atom. The number of hydrogen-bond acceptors (Lipinski definition) is 5. The lowest BCUT2D eigenvalue weighted by atomic mass is 9.98. The SMILES string of the molecule is Cc1ccccc1C(=N)C1C=C(N2CCOCC2)N=CN1. The molecule has 1 aromatic carbocycles. The van der Waals surface area contributed by atoms with Crippen LogP contribution in [0.4, 0.5) is 0 Å². The zero-order valence-corrected chi connectivity index (χ0v) is 12.2. The van der Waals surface area contributed by atoms with Crippen molar-refractivity contribution in [1.29, 1.82) is 5.41 Å². The van der Waals surface area contributed by atoms with Crippen molar-refractivity contribution in [3.05, 3.63) is 47.3 Å². The predicted octanol–water partition coefficient (Wildman–Crippen LogP) is 1.54. The number of aryl methyl sites for hydroxylation is 1. The van der Waals surface area contributed by atoms with E-state index in [4.69, 9.17) is 10.1 Å². The van der Waals surface area contributed by atoms with E-state index in [-0.39, 0.29) is 6.04 Å². The third-order valence-electron chi connectivity index (χ3n) is 3.85. The van der Waals surface area contributed by atoms with E-state index in [1.165, 1.54) is 0 Å². The van der Waals surface area contributed by atoms with Crippen LogP contribution in [0.2, 0.25) is 0 Å². The van der Waals surface area contributed by atoms with E-state index in [1.807, 2.05) is 37.3 Å². The van der Waals surface area contributed by atoms with Crippen molar-refractivity contribution in [2.24, 2.45) is 4.99 Å². The summed E-state index contributed by atoms with van der Waals surface area (Å²) in [5.41, 5.74) is 2.67. The maximum Gasteiger partial charge on any atom is 0.128 e. The second kappa shape index (κ2) is 6.10. The number of benzene rings is 1. The summed E-state index contributed by atoms with van der Waals surface area (Å²) in [5, 5.41) is 11.6. The number of morpholine rings is 1. The van der Waals surface area contributed by atoms with Crippen molar-refractivity contribution in [2.45, 2.75) is 13.0 Å². The monoisotopic (exact) mass is 284 g/mol. The molecule has 3 rings (SSSR count). The molecule has 2 aliphatic heterocycles. The first kappa shape index (κ1) is 13.8. The summed E-state index contributed by atoms with van der Waals surface area (Å²) in [6.07, 6.45) is 3.72. The minimum absolute atomic E-state index is 0.138. The number of aliphatic imine (C=N–C) groups is 1. The molecule has 1 saturated heterocycles. The maximum absolute atomic E-state index is 8.46. The Morgan fingerprint density at radius 1 is 1.33 bits per heavy atom. The van der Waals surface area contributed by atoms with Crippen molar-refractivity contribution in [3.8, 4) is 0 Å². The van der Waals surface area contributed by atoms with Crippen LogP contribution in [0, 0.1) is 12.3 Å². The predicted molar refractivity (Wildman–Crippen MR) is 83.9 cm³/mol. The topological polar surface area (TPSA) is 60.7 Å². The molecule has 0 bridgehead atoms. The fraction of sp³-hybridized carbons (Fsp3) is 0.375. The van der Waals surface area contributed by atoms with Gasteiger partial charge in [0.1, 0.15) is 5.82 Å². The molecule has 2 aliphatic rings. The highest BCUT2D eigenvalue weighted by Gasteiger charge is 2.21. The minimum atomic E-state index is -0.138. The second-order valence-corrected chi connectivity index (χ2v) is 5.26. The van der Waals surface area contributed by atoms with E-state index in [9.17, 15) is 0 Å². The summed E-state index contributed by atoms with van der Waals surface area (Å²) in [6.45, 7) is 5.22. The third-order valence-corrected chi connectivity index (χ3v) is 3.85. The molecule has 0 saturated carbocycles. The number of hydrogen-bond donors (Lipinski definition) is 2. The van der Waals surface area contributed by atoms with Gasteiger partial charge in [-0.3, -0.25) is 0 Å². The Kier molecular flexibility index (Phi) is 4.01. The summed E-state index contributed by atoms with van der Waals surface area (Å²) in [7, 11) is 0. The van der Waals surface area contributed by atoms with Crippen LogP contribution in [-0.2, 0) is 4.74 Å². The molecule has 5 heteroatoms. The van der Waals surface area contributed by atoms with Gasteiger partial charge in [0.2, 0.25) is 0 Å². The summed E-state index contributed by atoms with van der Waals surface area (Å²) in [6, 6.07) is 7.86. The van der Waals surface area contributed by atoms with E-state index in [0.717, 1.165) is 43.3 Å². The number of rotatable bonds is 3. The molecule has 2 heterocycles. The van der Waals surface area contributed by atoms with E-state index in [2.05, 4.69) is 15.2 Å². The lowest BCUT2D eigenvalue weighted by Gasteiger charge is -2.31.